The SMILES string of the molecule is COc1nc(O[C@@H]2CCc3c(-c4cccc(Nc5nccc6cc(CN7CC[C@@H](C(=O)NS(=O)(=O)C8(C)CC8)C7)cnc56)c4F)cccc32)c(Cl)cc1CN1CC[C@@H](O)C1. The minimum Gasteiger partial charge on any atom is -0.481 e. The van der Waals surface area contributed by atoms with Crippen molar-refractivity contribution in [1.82, 2.24) is 29.5 Å². The molecule has 16 heteroatoms. The number of nitrogens with one attached hydrogen (secondary N) is 2. The molecule has 2 aliphatic carbocycles. The zero-order chi connectivity index (χ0) is 41.8. The fraction of sp³-hybridized carbons (Fsp3) is 0.409. The van der Waals surface area contributed by atoms with Crippen molar-refractivity contribution in [3.63, 3.8) is 0 Å². The molecule has 5 heterocycles. The van der Waals surface area contributed by atoms with Crippen LogP contribution in [0.1, 0.15) is 67.4 Å². The third-order valence-corrected chi connectivity index (χ3v) is 14.8. The maximum Gasteiger partial charge on any atom is 0.240 e. The molecule has 3 aromatic heterocycles. The van der Waals surface area contributed by atoms with Crippen molar-refractivity contribution in [3.05, 3.63) is 100 Å². The maximum atomic E-state index is 16.6. The third-order valence-electron chi connectivity index (χ3n) is 12.4. The Morgan fingerprint density at radius 3 is 2.57 bits per heavy atom. The van der Waals surface area contributed by atoms with Crippen LogP contribution < -0.4 is 19.5 Å². The van der Waals surface area contributed by atoms with Gasteiger partial charge in [-0.2, -0.15) is 4.98 Å². The molecule has 60 heavy (non-hydrogen) atoms. The van der Waals surface area contributed by atoms with Gasteiger partial charge in [0.15, 0.2) is 11.6 Å². The molecule has 0 radical (unpaired) electrons. The van der Waals surface area contributed by atoms with Crippen LogP contribution in [0.15, 0.2) is 67.0 Å². The van der Waals surface area contributed by atoms with E-state index in [1.807, 2.05) is 42.5 Å². The number of aliphatic hydroxyl groups excluding tert-OH is 1. The summed E-state index contributed by atoms with van der Waals surface area (Å²) < 4.78 is 55.3. The van der Waals surface area contributed by atoms with Crippen LogP contribution in [0.5, 0.6) is 11.8 Å². The number of ether oxygens (including phenoxy) is 2. The number of amides is 1. The molecule has 1 amide bonds. The first kappa shape index (κ1) is 40.5. The second-order valence-corrected chi connectivity index (χ2v) is 19.3. The summed E-state index contributed by atoms with van der Waals surface area (Å²) in [6.07, 6.45) is 6.49. The highest BCUT2D eigenvalue weighted by Crippen LogP contribution is 2.44. The number of pyridine rings is 3. The molecule has 3 N–H and O–H groups in total. The number of aliphatic hydroxyl groups is 1. The number of sulfonamides is 1. The summed E-state index contributed by atoms with van der Waals surface area (Å²) in [7, 11) is -2.11. The minimum absolute atomic E-state index is 0.257. The number of aromatic nitrogens is 3. The number of methoxy groups -OCH3 is 1. The number of benzene rings is 2. The predicted octanol–water partition coefficient (Wildman–Crippen LogP) is 6.69. The Bertz CT molecular complexity index is 2590. The van der Waals surface area contributed by atoms with E-state index in [1.165, 1.54) is 0 Å². The number of β-amino-alcohol motifs (C(OH)–C–C–N with tert-alkyl or cyclic N) is 1. The first-order valence-electron chi connectivity index (χ1n) is 20.4. The number of halogens is 2. The van der Waals surface area contributed by atoms with Gasteiger partial charge in [0.2, 0.25) is 27.7 Å². The average Bonchev–Trinajstić information content (AvgIpc) is 3.50. The standard InChI is InChI=1S/C44H47ClFN7O6S/c1-44(14-15-44)60(56,57)51-41(55)28-12-17-52(23-28)22-26-19-27-11-16-47-40(39(27)48-21-26)49-36-8-4-7-34(38(36)46)31-5-3-6-33-32(31)9-10-37(33)59-43-35(45)20-29(42(50-43)58-2)24-53-18-13-30(54)25-53/h3-8,11,16,19-21,28,30,37,54H,9-10,12-15,17-18,22-25H2,1-2H3,(H,47,49)(H,51,55)/t28-,30-,37-/m1/s1. The molecule has 314 valence electrons. The average molecular weight is 856 g/mol. The van der Waals surface area contributed by atoms with E-state index in [1.54, 1.807) is 38.6 Å². The van der Waals surface area contributed by atoms with Crippen molar-refractivity contribution < 1.29 is 32.2 Å². The van der Waals surface area contributed by atoms with Crippen LogP contribution >= 0.6 is 11.6 Å². The van der Waals surface area contributed by atoms with Crippen molar-refractivity contribution in [2.45, 2.75) is 75.5 Å². The maximum absolute atomic E-state index is 16.6. The third kappa shape index (κ3) is 8.00. The van der Waals surface area contributed by atoms with Crippen LogP contribution in [0.25, 0.3) is 22.0 Å². The summed E-state index contributed by atoms with van der Waals surface area (Å²) in [5.74, 6) is -0.163. The Kier molecular flexibility index (Phi) is 10.9. The molecule has 0 spiro atoms. The molecular formula is C44H47ClFN7O6S. The number of carbonyl (C=O) groups excluding carboxylic acids is 1. The van der Waals surface area contributed by atoms with Gasteiger partial charge in [0, 0.05) is 61.6 Å². The van der Waals surface area contributed by atoms with Gasteiger partial charge in [-0.1, -0.05) is 41.9 Å². The second-order valence-electron chi connectivity index (χ2n) is 16.6. The van der Waals surface area contributed by atoms with Gasteiger partial charge in [0.05, 0.1) is 29.6 Å². The highest BCUT2D eigenvalue weighted by atomic mass is 35.5. The summed E-state index contributed by atoms with van der Waals surface area (Å²) in [6, 6.07) is 16.8. The van der Waals surface area contributed by atoms with Gasteiger partial charge in [-0.15, -0.1) is 0 Å². The molecule has 1 saturated carbocycles. The number of rotatable bonds is 13. The van der Waals surface area contributed by atoms with E-state index in [2.05, 4.69) is 29.8 Å². The molecule has 0 bridgehead atoms. The zero-order valence-electron chi connectivity index (χ0n) is 33.5. The number of fused-ring (bicyclic) bond motifs is 2. The molecule has 3 fully saturated rings. The van der Waals surface area contributed by atoms with Gasteiger partial charge >= 0.3 is 0 Å². The lowest BCUT2D eigenvalue weighted by Gasteiger charge is -2.20. The molecule has 13 nitrogen and oxygen atoms in total. The Hall–Kier alpha value is -4.93. The van der Waals surface area contributed by atoms with E-state index in [4.69, 9.17) is 26.1 Å². The number of hydrogen-bond donors (Lipinski definition) is 3. The van der Waals surface area contributed by atoms with Crippen LogP contribution in [0.2, 0.25) is 5.02 Å². The van der Waals surface area contributed by atoms with Crippen LogP contribution in [-0.4, -0.2) is 88.3 Å². The molecule has 4 aliphatic rings. The fourth-order valence-electron chi connectivity index (χ4n) is 8.67. The normalized spacial score (nSPS) is 21.2. The lowest BCUT2D eigenvalue weighted by Crippen LogP contribution is -2.42. The molecule has 2 aliphatic heterocycles. The minimum atomic E-state index is -3.67. The van der Waals surface area contributed by atoms with Gasteiger partial charge in [-0.3, -0.25) is 24.3 Å². The van der Waals surface area contributed by atoms with Gasteiger partial charge in [0.25, 0.3) is 0 Å². The first-order chi connectivity index (χ1) is 28.9. The van der Waals surface area contributed by atoms with Gasteiger partial charge in [0.1, 0.15) is 16.6 Å². The highest BCUT2D eigenvalue weighted by Gasteiger charge is 2.51. The van der Waals surface area contributed by atoms with Crippen molar-refractivity contribution in [2.75, 3.05) is 38.6 Å². The van der Waals surface area contributed by atoms with Crippen LogP contribution in [-0.2, 0) is 34.3 Å². The van der Waals surface area contributed by atoms with Crippen molar-refractivity contribution in [2.24, 2.45) is 5.92 Å². The quantitative estimate of drug-likeness (QED) is 0.115. The predicted molar refractivity (Wildman–Crippen MR) is 226 cm³/mol. The summed E-state index contributed by atoms with van der Waals surface area (Å²) in [4.78, 5) is 31.0. The molecule has 9 rings (SSSR count). The summed E-state index contributed by atoms with van der Waals surface area (Å²) >= 11 is 6.72. The van der Waals surface area contributed by atoms with Crippen LogP contribution in [0.3, 0.4) is 0 Å². The number of hydrogen-bond acceptors (Lipinski definition) is 12. The van der Waals surface area contributed by atoms with Gasteiger partial charge in [-0.05, 0) is 98.5 Å². The summed E-state index contributed by atoms with van der Waals surface area (Å²) in [5, 5.41) is 14.4. The van der Waals surface area contributed by atoms with Gasteiger partial charge < -0.3 is 19.9 Å². The van der Waals surface area contributed by atoms with Crippen LogP contribution in [0, 0.1) is 11.7 Å². The van der Waals surface area contributed by atoms with Gasteiger partial charge in [-0.25, -0.2) is 17.8 Å². The topological polar surface area (TPSA) is 159 Å². The van der Waals surface area contributed by atoms with Crippen LogP contribution in [0.4, 0.5) is 15.9 Å². The largest absolute Gasteiger partial charge is 0.481 e. The molecule has 5 aromatic rings. The molecular weight excluding hydrogens is 809 g/mol. The summed E-state index contributed by atoms with van der Waals surface area (Å²) in [6.45, 7) is 5.24. The number of likely N-dealkylation sites (tertiary alicyclic amines) is 2. The highest BCUT2D eigenvalue weighted by molar-refractivity contribution is 7.91. The number of anilines is 2. The first-order valence-corrected chi connectivity index (χ1v) is 22.2. The monoisotopic (exact) mass is 855 g/mol. The Labute approximate surface area is 353 Å². The van der Waals surface area contributed by atoms with Crippen molar-refractivity contribution >= 4 is 49.9 Å². The smallest absolute Gasteiger partial charge is 0.240 e. The van der Waals surface area contributed by atoms with Crippen molar-refractivity contribution in [3.8, 4) is 22.9 Å². The molecule has 0 unspecified atom stereocenters. The summed E-state index contributed by atoms with van der Waals surface area (Å²) in [5.41, 5.74) is 5.73. The molecule has 3 atom stereocenters. The number of nitrogens with zero attached hydrogens (tertiary/aromatic N) is 5. The Morgan fingerprint density at radius 2 is 1.78 bits per heavy atom. The van der Waals surface area contributed by atoms with Crippen molar-refractivity contribution in [1.29, 1.82) is 0 Å². The van der Waals surface area contributed by atoms with E-state index < -0.39 is 32.4 Å². The van der Waals surface area contributed by atoms with E-state index in [0.29, 0.717) is 92.6 Å². The molecule has 2 saturated heterocycles. The van der Waals surface area contributed by atoms with E-state index in [0.717, 1.165) is 46.2 Å². The molecule has 2 aromatic carbocycles. The lowest BCUT2D eigenvalue weighted by molar-refractivity contribution is -0.122. The Balaban J connectivity index is 0.885. The van der Waals surface area contributed by atoms with E-state index in [-0.39, 0.29) is 23.8 Å². The lowest BCUT2D eigenvalue weighted by atomic mass is 9.96. The van der Waals surface area contributed by atoms with E-state index >= 15 is 4.39 Å². The van der Waals surface area contributed by atoms with E-state index in [9.17, 15) is 18.3 Å². The fourth-order valence-corrected chi connectivity index (χ4v) is 10.2. The second kappa shape index (κ2) is 16.2. The number of carbonyl (C=O) groups is 1. The zero-order valence-corrected chi connectivity index (χ0v) is 35.0. The Morgan fingerprint density at radius 1 is 1.00 bits per heavy atom.